The van der Waals surface area contributed by atoms with Crippen molar-refractivity contribution in [3.8, 4) is 5.75 Å². The van der Waals surface area contributed by atoms with Crippen LogP contribution in [0.4, 0.5) is 5.69 Å². The Kier molecular flexibility index (Phi) is 6.67. The highest BCUT2D eigenvalue weighted by Gasteiger charge is 2.12. The monoisotopic (exact) mass is 381 g/mol. The lowest BCUT2D eigenvalue weighted by atomic mass is 10.1. The lowest BCUT2D eigenvalue weighted by Crippen LogP contribution is -2.24. The lowest BCUT2D eigenvalue weighted by Gasteiger charge is -2.12. The van der Waals surface area contributed by atoms with Gasteiger partial charge < -0.3 is 14.8 Å². The van der Waals surface area contributed by atoms with Crippen LogP contribution in [-0.2, 0) is 14.3 Å². The highest BCUT2D eigenvalue weighted by Crippen LogP contribution is 2.27. The van der Waals surface area contributed by atoms with Crippen molar-refractivity contribution in [2.45, 2.75) is 13.8 Å². The Morgan fingerprint density at radius 3 is 2.32 bits per heavy atom. The van der Waals surface area contributed by atoms with Crippen LogP contribution in [-0.4, -0.2) is 25.1 Å². The Bertz CT molecular complexity index is 769. The number of halogens is 2. The molecule has 1 amide bonds. The third-order valence-corrected chi connectivity index (χ3v) is 3.82. The molecule has 0 saturated carbocycles. The predicted molar refractivity (Wildman–Crippen MR) is 97.5 cm³/mol. The van der Waals surface area contributed by atoms with Gasteiger partial charge in [-0.1, -0.05) is 35.3 Å². The van der Waals surface area contributed by atoms with Crippen molar-refractivity contribution in [3.63, 3.8) is 0 Å². The molecule has 0 bridgehead atoms. The van der Waals surface area contributed by atoms with Gasteiger partial charge in [-0.2, -0.15) is 0 Å². The van der Waals surface area contributed by atoms with Crippen LogP contribution in [0.1, 0.15) is 11.1 Å². The molecule has 0 aliphatic carbocycles. The lowest BCUT2D eigenvalue weighted by molar-refractivity contribution is -0.149. The van der Waals surface area contributed by atoms with E-state index in [0.29, 0.717) is 21.5 Å². The SMILES string of the molecule is Cc1cc(Cl)cc(C)c1OCC(=O)OCC(=O)Nc1ccccc1Cl. The van der Waals surface area contributed by atoms with Crippen molar-refractivity contribution in [2.75, 3.05) is 18.5 Å². The van der Waals surface area contributed by atoms with Gasteiger partial charge in [0.15, 0.2) is 13.2 Å². The van der Waals surface area contributed by atoms with Gasteiger partial charge >= 0.3 is 5.97 Å². The highest BCUT2D eigenvalue weighted by atomic mass is 35.5. The van der Waals surface area contributed by atoms with Crippen LogP contribution in [0.2, 0.25) is 10.0 Å². The second-order valence-electron chi connectivity index (χ2n) is 5.35. The zero-order valence-corrected chi connectivity index (χ0v) is 15.3. The van der Waals surface area contributed by atoms with Gasteiger partial charge in [0.1, 0.15) is 5.75 Å². The fourth-order valence-electron chi connectivity index (χ4n) is 2.19. The average Bonchev–Trinajstić information content (AvgIpc) is 2.54. The third-order valence-electron chi connectivity index (χ3n) is 3.27. The normalized spacial score (nSPS) is 10.2. The van der Waals surface area contributed by atoms with E-state index >= 15 is 0 Å². The fraction of sp³-hybridized carbons (Fsp3) is 0.222. The van der Waals surface area contributed by atoms with Crippen molar-refractivity contribution >= 4 is 40.8 Å². The maximum Gasteiger partial charge on any atom is 0.344 e. The van der Waals surface area contributed by atoms with Crippen molar-refractivity contribution in [2.24, 2.45) is 0 Å². The van der Waals surface area contributed by atoms with E-state index in [1.165, 1.54) is 0 Å². The summed E-state index contributed by atoms with van der Waals surface area (Å²) in [4.78, 5) is 23.5. The average molecular weight is 382 g/mol. The first-order chi connectivity index (χ1) is 11.9. The molecule has 2 aromatic carbocycles. The summed E-state index contributed by atoms with van der Waals surface area (Å²) < 4.78 is 10.4. The molecule has 0 aliphatic rings. The molecule has 0 unspecified atom stereocenters. The second kappa shape index (κ2) is 8.74. The predicted octanol–water partition coefficient (Wildman–Crippen LogP) is 4.17. The van der Waals surface area contributed by atoms with E-state index in [-0.39, 0.29) is 6.61 Å². The Hall–Kier alpha value is -2.24. The first-order valence-electron chi connectivity index (χ1n) is 7.46. The fourth-order valence-corrected chi connectivity index (χ4v) is 2.70. The summed E-state index contributed by atoms with van der Waals surface area (Å²) in [7, 11) is 0. The minimum atomic E-state index is -0.650. The molecule has 2 aromatic rings. The van der Waals surface area contributed by atoms with Crippen LogP contribution in [0.15, 0.2) is 36.4 Å². The molecule has 0 heterocycles. The van der Waals surface area contributed by atoms with E-state index in [1.54, 1.807) is 36.4 Å². The van der Waals surface area contributed by atoms with Gasteiger partial charge in [0.25, 0.3) is 5.91 Å². The number of ether oxygens (including phenoxy) is 2. The van der Waals surface area contributed by atoms with Gasteiger partial charge in [-0.05, 0) is 49.2 Å². The van der Waals surface area contributed by atoms with Crippen LogP contribution in [0.25, 0.3) is 0 Å². The van der Waals surface area contributed by atoms with E-state index in [0.717, 1.165) is 11.1 Å². The van der Waals surface area contributed by atoms with Crippen LogP contribution >= 0.6 is 23.2 Å². The van der Waals surface area contributed by atoms with Crippen molar-refractivity contribution < 1.29 is 19.1 Å². The first kappa shape index (κ1) is 19.1. The largest absolute Gasteiger partial charge is 0.481 e. The topological polar surface area (TPSA) is 64.6 Å². The number of aryl methyl sites for hydroxylation is 2. The van der Waals surface area contributed by atoms with Gasteiger partial charge in [-0.3, -0.25) is 4.79 Å². The van der Waals surface area contributed by atoms with Crippen molar-refractivity contribution in [1.29, 1.82) is 0 Å². The molecular weight excluding hydrogens is 365 g/mol. The molecule has 0 saturated heterocycles. The third kappa shape index (κ3) is 5.66. The van der Waals surface area contributed by atoms with E-state index in [1.807, 2.05) is 13.8 Å². The van der Waals surface area contributed by atoms with Gasteiger partial charge in [0.2, 0.25) is 0 Å². The Morgan fingerprint density at radius 2 is 1.68 bits per heavy atom. The number of benzene rings is 2. The minimum absolute atomic E-state index is 0.303. The summed E-state index contributed by atoms with van der Waals surface area (Å²) in [6.07, 6.45) is 0. The Balaban J connectivity index is 1.81. The van der Waals surface area contributed by atoms with Gasteiger partial charge in [0, 0.05) is 5.02 Å². The number of anilines is 1. The number of rotatable bonds is 6. The standard InChI is InChI=1S/C18H17Cl2NO4/c1-11-7-13(19)8-12(2)18(11)25-10-17(23)24-9-16(22)21-15-6-4-3-5-14(15)20/h3-8H,9-10H2,1-2H3,(H,21,22). The van der Waals surface area contributed by atoms with Gasteiger partial charge in [0.05, 0.1) is 10.7 Å². The molecule has 0 aromatic heterocycles. The number of carbonyl (C=O) groups excluding carboxylic acids is 2. The molecule has 2 rings (SSSR count). The number of nitrogens with one attached hydrogen (secondary N) is 1. The summed E-state index contributed by atoms with van der Waals surface area (Å²) in [5.41, 5.74) is 2.08. The van der Waals surface area contributed by atoms with E-state index < -0.39 is 18.5 Å². The Labute approximate surface area is 155 Å². The molecule has 0 radical (unpaired) electrons. The quantitative estimate of drug-likeness (QED) is 0.762. The number of esters is 1. The smallest absolute Gasteiger partial charge is 0.344 e. The summed E-state index contributed by atoms with van der Waals surface area (Å²) in [6, 6.07) is 10.3. The maximum atomic E-state index is 11.8. The molecule has 0 aliphatic heterocycles. The highest BCUT2D eigenvalue weighted by molar-refractivity contribution is 6.33. The minimum Gasteiger partial charge on any atom is -0.481 e. The number of carbonyl (C=O) groups is 2. The molecule has 0 atom stereocenters. The maximum absolute atomic E-state index is 11.8. The number of hydrogen-bond donors (Lipinski definition) is 1. The summed E-state index contributed by atoms with van der Waals surface area (Å²) in [6.45, 7) is 2.93. The van der Waals surface area contributed by atoms with Crippen LogP contribution < -0.4 is 10.1 Å². The molecular formula is C18H17Cl2NO4. The van der Waals surface area contributed by atoms with Gasteiger partial charge in [-0.15, -0.1) is 0 Å². The molecule has 0 fully saturated rings. The molecule has 0 spiro atoms. The number of hydrogen-bond acceptors (Lipinski definition) is 4. The summed E-state index contributed by atoms with van der Waals surface area (Å²) >= 11 is 11.9. The molecule has 7 heteroatoms. The summed E-state index contributed by atoms with van der Waals surface area (Å²) in [5.74, 6) is -0.565. The summed E-state index contributed by atoms with van der Waals surface area (Å²) in [5, 5.41) is 3.56. The van der Waals surface area contributed by atoms with Crippen LogP contribution in [0.5, 0.6) is 5.75 Å². The van der Waals surface area contributed by atoms with Crippen molar-refractivity contribution in [1.82, 2.24) is 0 Å². The zero-order chi connectivity index (χ0) is 18.4. The number of para-hydroxylation sites is 1. The molecule has 1 N–H and O–H groups in total. The van der Waals surface area contributed by atoms with E-state index in [9.17, 15) is 9.59 Å². The molecule has 5 nitrogen and oxygen atoms in total. The van der Waals surface area contributed by atoms with E-state index in [4.69, 9.17) is 32.7 Å². The van der Waals surface area contributed by atoms with Crippen LogP contribution in [0.3, 0.4) is 0 Å². The molecule has 132 valence electrons. The number of amides is 1. The Morgan fingerprint density at radius 1 is 1.04 bits per heavy atom. The van der Waals surface area contributed by atoms with E-state index in [2.05, 4.69) is 5.32 Å². The first-order valence-corrected chi connectivity index (χ1v) is 8.22. The van der Waals surface area contributed by atoms with Gasteiger partial charge in [-0.25, -0.2) is 4.79 Å². The van der Waals surface area contributed by atoms with Crippen LogP contribution in [0, 0.1) is 13.8 Å². The molecule has 25 heavy (non-hydrogen) atoms. The second-order valence-corrected chi connectivity index (χ2v) is 6.19. The van der Waals surface area contributed by atoms with Crippen molar-refractivity contribution in [3.05, 3.63) is 57.6 Å². The zero-order valence-electron chi connectivity index (χ0n) is 13.8.